The van der Waals surface area contributed by atoms with Crippen molar-refractivity contribution in [3.05, 3.63) is 35.4 Å². The highest BCUT2D eigenvalue weighted by Crippen LogP contribution is 2.21. The van der Waals surface area contributed by atoms with Gasteiger partial charge in [0.15, 0.2) is 0 Å². The van der Waals surface area contributed by atoms with Gasteiger partial charge in [-0.25, -0.2) is 0 Å². The molecule has 0 radical (unpaired) electrons. The van der Waals surface area contributed by atoms with Crippen molar-refractivity contribution in [3.8, 4) is 0 Å². The summed E-state index contributed by atoms with van der Waals surface area (Å²) in [5.41, 5.74) is 6.77. The number of carboxylic acids is 1. The maximum absolute atomic E-state index is 11.0. The Labute approximate surface area is 122 Å². The predicted octanol–water partition coefficient (Wildman–Crippen LogP) is 1.18. The van der Waals surface area contributed by atoms with E-state index >= 15 is 0 Å². The highest BCUT2D eigenvalue weighted by atomic mass is 32.2. The van der Waals surface area contributed by atoms with E-state index in [0.29, 0.717) is 12.1 Å². The number of amides is 1. The van der Waals surface area contributed by atoms with Crippen LogP contribution in [-0.4, -0.2) is 46.0 Å². The first kappa shape index (κ1) is 14.9. The summed E-state index contributed by atoms with van der Waals surface area (Å²) in [6, 6.07) is 7.24. The molecular weight excluding hydrogens is 276 g/mol. The van der Waals surface area contributed by atoms with Crippen molar-refractivity contribution in [2.24, 2.45) is 5.73 Å². The number of primary amides is 1. The van der Waals surface area contributed by atoms with Crippen molar-refractivity contribution in [3.63, 3.8) is 0 Å². The van der Waals surface area contributed by atoms with E-state index in [2.05, 4.69) is 4.90 Å². The van der Waals surface area contributed by atoms with Gasteiger partial charge in [0.05, 0.1) is 6.42 Å². The number of nitrogens with two attached hydrogens (primary N) is 1. The topological polar surface area (TPSA) is 83.6 Å². The van der Waals surface area contributed by atoms with E-state index < -0.39 is 11.9 Å². The number of rotatable bonds is 5. The van der Waals surface area contributed by atoms with E-state index in [1.807, 2.05) is 12.1 Å². The van der Waals surface area contributed by atoms with Gasteiger partial charge in [0.25, 0.3) is 0 Å². The average molecular weight is 294 g/mol. The third-order valence-corrected chi connectivity index (χ3v) is 4.48. The van der Waals surface area contributed by atoms with Crippen LogP contribution in [0.2, 0.25) is 0 Å². The molecule has 0 aliphatic carbocycles. The van der Waals surface area contributed by atoms with Crippen molar-refractivity contribution >= 4 is 23.6 Å². The lowest BCUT2D eigenvalue weighted by molar-refractivity contribution is -0.138. The van der Waals surface area contributed by atoms with Crippen molar-refractivity contribution in [2.75, 3.05) is 18.1 Å². The van der Waals surface area contributed by atoms with E-state index in [1.54, 1.807) is 23.9 Å². The van der Waals surface area contributed by atoms with Crippen LogP contribution in [0.5, 0.6) is 0 Å². The lowest BCUT2D eigenvalue weighted by Crippen LogP contribution is -2.42. The zero-order valence-electron chi connectivity index (χ0n) is 11.1. The minimum Gasteiger partial charge on any atom is -0.481 e. The summed E-state index contributed by atoms with van der Waals surface area (Å²) in [6.45, 7) is 1.59. The zero-order chi connectivity index (χ0) is 14.5. The summed E-state index contributed by atoms with van der Waals surface area (Å²) in [5.74, 6) is 0.683. The number of hydrogen-bond donors (Lipinski definition) is 2. The molecule has 1 aliphatic rings. The molecule has 1 heterocycles. The molecule has 2 rings (SSSR count). The standard InChI is InChI=1S/C14H18N2O3S/c15-14(19)11-3-1-10(2-4-11)8-16-5-6-20-9-12(16)7-13(17)18/h1-4,12H,5-9H2,(H2,15,19)(H,17,18). The zero-order valence-corrected chi connectivity index (χ0v) is 11.9. The highest BCUT2D eigenvalue weighted by Gasteiger charge is 2.24. The van der Waals surface area contributed by atoms with Crippen LogP contribution in [0.1, 0.15) is 22.3 Å². The maximum atomic E-state index is 11.0. The normalized spacial score (nSPS) is 19.7. The quantitative estimate of drug-likeness (QED) is 0.852. The van der Waals surface area contributed by atoms with E-state index in [1.165, 1.54) is 0 Å². The highest BCUT2D eigenvalue weighted by molar-refractivity contribution is 7.99. The Kier molecular flexibility index (Phi) is 5.03. The number of carbonyl (C=O) groups excluding carboxylic acids is 1. The van der Waals surface area contributed by atoms with Gasteiger partial charge < -0.3 is 10.8 Å². The molecule has 0 aromatic heterocycles. The molecule has 1 atom stereocenters. The number of aliphatic carboxylic acids is 1. The monoisotopic (exact) mass is 294 g/mol. The third kappa shape index (κ3) is 3.98. The van der Waals surface area contributed by atoms with Gasteiger partial charge in [0.1, 0.15) is 0 Å². The molecule has 1 aromatic carbocycles. The summed E-state index contributed by atoms with van der Waals surface area (Å²) in [6.07, 6.45) is 0.173. The predicted molar refractivity (Wildman–Crippen MR) is 78.7 cm³/mol. The molecule has 0 spiro atoms. The molecule has 1 amide bonds. The average Bonchev–Trinajstić information content (AvgIpc) is 2.41. The van der Waals surface area contributed by atoms with Crippen LogP contribution in [0.3, 0.4) is 0 Å². The minimum absolute atomic E-state index is 0.0714. The molecule has 0 saturated carbocycles. The van der Waals surface area contributed by atoms with Gasteiger partial charge in [-0.2, -0.15) is 11.8 Å². The fraction of sp³-hybridized carbons (Fsp3) is 0.429. The van der Waals surface area contributed by atoms with Gasteiger partial charge in [-0.05, 0) is 17.7 Å². The number of carbonyl (C=O) groups is 2. The van der Waals surface area contributed by atoms with E-state index in [4.69, 9.17) is 10.8 Å². The number of nitrogens with zero attached hydrogens (tertiary/aromatic N) is 1. The fourth-order valence-electron chi connectivity index (χ4n) is 2.30. The summed E-state index contributed by atoms with van der Waals surface area (Å²) in [5, 5.41) is 8.96. The summed E-state index contributed by atoms with van der Waals surface area (Å²) in [7, 11) is 0. The van der Waals surface area contributed by atoms with Crippen molar-refractivity contribution in [1.82, 2.24) is 4.90 Å². The Morgan fingerprint density at radius 3 is 2.65 bits per heavy atom. The van der Waals surface area contributed by atoms with Crippen LogP contribution in [0.15, 0.2) is 24.3 Å². The number of carboxylic acid groups (broad SMARTS) is 1. The van der Waals surface area contributed by atoms with Crippen molar-refractivity contribution < 1.29 is 14.7 Å². The number of benzene rings is 1. The van der Waals surface area contributed by atoms with E-state index in [-0.39, 0.29) is 12.5 Å². The van der Waals surface area contributed by atoms with Crippen LogP contribution < -0.4 is 5.73 Å². The van der Waals surface area contributed by atoms with E-state index in [9.17, 15) is 9.59 Å². The molecule has 5 nitrogen and oxygen atoms in total. The second-order valence-electron chi connectivity index (χ2n) is 4.86. The van der Waals surface area contributed by atoms with Gasteiger partial charge >= 0.3 is 5.97 Å². The second-order valence-corrected chi connectivity index (χ2v) is 6.01. The van der Waals surface area contributed by atoms with Crippen LogP contribution in [0, 0.1) is 0 Å². The Morgan fingerprint density at radius 2 is 2.05 bits per heavy atom. The molecule has 0 bridgehead atoms. The first-order valence-corrected chi connectivity index (χ1v) is 7.64. The SMILES string of the molecule is NC(=O)c1ccc(CN2CCSCC2CC(=O)O)cc1. The third-order valence-electron chi connectivity index (χ3n) is 3.38. The Morgan fingerprint density at radius 1 is 1.35 bits per heavy atom. The smallest absolute Gasteiger partial charge is 0.304 e. The summed E-state index contributed by atoms with van der Waals surface area (Å²) >= 11 is 1.80. The first-order chi connectivity index (χ1) is 9.56. The molecule has 3 N–H and O–H groups in total. The number of thioether (sulfide) groups is 1. The second kappa shape index (κ2) is 6.76. The van der Waals surface area contributed by atoms with Gasteiger partial charge in [0, 0.05) is 36.2 Å². The molecule has 1 aromatic rings. The molecule has 1 unspecified atom stereocenters. The van der Waals surface area contributed by atoms with Crippen LogP contribution in [0.4, 0.5) is 0 Å². The van der Waals surface area contributed by atoms with Crippen molar-refractivity contribution in [1.29, 1.82) is 0 Å². The summed E-state index contributed by atoms with van der Waals surface area (Å²) < 4.78 is 0. The molecule has 20 heavy (non-hydrogen) atoms. The van der Waals surface area contributed by atoms with Crippen LogP contribution in [0.25, 0.3) is 0 Å². The molecule has 1 aliphatic heterocycles. The molecule has 108 valence electrons. The molecule has 1 fully saturated rings. The Bertz CT molecular complexity index is 490. The molecule has 6 heteroatoms. The van der Waals surface area contributed by atoms with Crippen molar-refractivity contribution in [2.45, 2.75) is 19.0 Å². The minimum atomic E-state index is -0.758. The van der Waals surface area contributed by atoms with Gasteiger partial charge in [-0.1, -0.05) is 12.1 Å². The molecule has 1 saturated heterocycles. The van der Waals surface area contributed by atoms with Crippen LogP contribution in [-0.2, 0) is 11.3 Å². The van der Waals surface area contributed by atoms with Gasteiger partial charge in [0.2, 0.25) is 5.91 Å². The van der Waals surface area contributed by atoms with Gasteiger partial charge in [-0.3, -0.25) is 14.5 Å². The lowest BCUT2D eigenvalue weighted by atomic mass is 10.1. The molecular formula is C14H18N2O3S. The van der Waals surface area contributed by atoms with Crippen LogP contribution >= 0.6 is 11.8 Å². The first-order valence-electron chi connectivity index (χ1n) is 6.48. The fourth-order valence-corrected chi connectivity index (χ4v) is 3.43. The van der Waals surface area contributed by atoms with E-state index in [0.717, 1.165) is 23.6 Å². The lowest BCUT2D eigenvalue weighted by Gasteiger charge is -2.34. The Balaban J connectivity index is 2.02. The number of hydrogen-bond acceptors (Lipinski definition) is 4. The largest absolute Gasteiger partial charge is 0.481 e. The maximum Gasteiger partial charge on any atom is 0.304 e. The Hall–Kier alpha value is -1.53. The van der Waals surface area contributed by atoms with Gasteiger partial charge in [-0.15, -0.1) is 0 Å². The summed E-state index contributed by atoms with van der Waals surface area (Å²) in [4.78, 5) is 24.1.